The van der Waals surface area contributed by atoms with Gasteiger partial charge in [0.2, 0.25) is 0 Å². The van der Waals surface area contributed by atoms with Gasteiger partial charge in [-0.2, -0.15) is 0 Å². The second kappa shape index (κ2) is 6.48. The number of rotatable bonds is 5. The summed E-state index contributed by atoms with van der Waals surface area (Å²) in [4.78, 5) is 12.0. The number of benzene rings is 2. The first-order valence-electron chi connectivity index (χ1n) is 6.20. The van der Waals surface area contributed by atoms with Crippen molar-refractivity contribution in [2.75, 3.05) is 7.11 Å². The Morgan fingerprint density at radius 1 is 1.25 bits per heavy atom. The van der Waals surface area contributed by atoms with Crippen LogP contribution in [0.3, 0.4) is 0 Å². The van der Waals surface area contributed by atoms with E-state index in [0.717, 1.165) is 27.5 Å². The number of hydrogen-bond donors (Lipinski definition) is 1. The zero-order valence-corrected chi connectivity index (χ0v) is 12.2. The molecule has 2 rings (SSSR count). The fraction of sp³-hybridized carbons (Fsp3) is 0.188. The molecule has 0 unspecified atom stereocenters. The predicted molar refractivity (Wildman–Crippen MR) is 80.7 cm³/mol. The van der Waals surface area contributed by atoms with E-state index in [2.05, 4.69) is 0 Å². The van der Waals surface area contributed by atoms with E-state index < -0.39 is 5.97 Å². The second-order valence-electron chi connectivity index (χ2n) is 4.39. The molecule has 4 heteroatoms. The van der Waals surface area contributed by atoms with Crippen LogP contribution >= 0.6 is 11.8 Å². The zero-order chi connectivity index (χ0) is 14.5. The number of para-hydroxylation sites is 1. The summed E-state index contributed by atoms with van der Waals surface area (Å²) in [7, 11) is 1.66. The van der Waals surface area contributed by atoms with Crippen LogP contribution in [0.15, 0.2) is 47.4 Å². The minimum Gasteiger partial charge on any atom is -0.496 e. The number of aromatic carboxylic acids is 1. The first kappa shape index (κ1) is 14.5. The van der Waals surface area contributed by atoms with Crippen molar-refractivity contribution >= 4 is 17.7 Å². The highest BCUT2D eigenvalue weighted by Gasteiger charge is 2.07. The Labute approximate surface area is 122 Å². The first-order chi connectivity index (χ1) is 9.61. The summed E-state index contributed by atoms with van der Waals surface area (Å²) < 4.78 is 5.32. The van der Waals surface area contributed by atoms with Crippen molar-refractivity contribution in [3.8, 4) is 5.75 Å². The number of aryl methyl sites for hydroxylation is 1. The molecule has 20 heavy (non-hydrogen) atoms. The van der Waals surface area contributed by atoms with Gasteiger partial charge in [0, 0.05) is 10.6 Å². The molecule has 0 bridgehead atoms. The van der Waals surface area contributed by atoms with Gasteiger partial charge in [-0.3, -0.25) is 0 Å². The van der Waals surface area contributed by atoms with E-state index in [4.69, 9.17) is 9.84 Å². The van der Waals surface area contributed by atoms with Crippen molar-refractivity contribution in [2.45, 2.75) is 17.6 Å². The van der Waals surface area contributed by atoms with Crippen molar-refractivity contribution in [2.24, 2.45) is 0 Å². The van der Waals surface area contributed by atoms with Gasteiger partial charge in [0.1, 0.15) is 5.75 Å². The number of ether oxygens (including phenoxy) is 1. The third-order valence-electron chi connectivity index (χ3n) is 3.04. The molecular formula is C16H16O3S. The fourth-order valence-electron chi connectivity index (χ4n) is 1.88. The van der Waals surface area contributed by atoms with Gasteiger partial charge in [-0.25, -0.2) is 4.79 Å². The third-order valence-corrected chi connectivity index (χ3v) is 4.15. The Hall–Kier alpha value is -1.94. The van der Waals surface area contributed by atoms with E-state index >= 15 is 0 Å². The molecule has 0 saturated carbocycles. The lowest BCUT2D eigenvalue weighted by Crippen LogP contribution is -1.98. The van der Waals surface area contributed by atoms with Crippen molar-refractivity contribution < 1.29 is 14.6 Å². The molecule has 0 aromatic heterocycles. The number of hydrogen-bond acceptors (Lipinski definition) is 3. The minimum atomic E-state index is -0.892. The maximum absolute atomic E-state index is 10.9. The third kappa shape index (κ3) is 3.33. The highest BCUT2D eigenvalue weighted by molar-refractivity contribution is 7.98. The molecule has 0 atom stereocenters. The van der Waals surface area contributed by atoms with Crippen molar-refractivity contribution in [3.63, 3.8) is 0 Å². The Bertz CT molecular complexity index is 623. The van der Waals surface area contributed by atoms with Crippen LogP contribution < -0.4 is 4.74 Å². The summed E-state index contributed by atoms with van der Waals surface area (Å²) in [5.41, 5.74) is 2.45. The normalized spacial score (nSPS) is 10.3. The van der Waals surface area contributed by atoms with Crippen molar-refractivity contribution in [1.29, 1.82) is 0 Å². The van der Waals surface area contributed by atoms with E-state index in [9.17, 15) is 4.79 Å². The predicted octanol–water partition coefficient (Wildman–Crippen LogP) is 3.99. The van der Waals surface area contributed by atoms with Crippen LogP contribution in [0.4, 0.5) is 0 Å². The molecule has 0 heterocycles. The highest BCUT2D eigenvalue weighted by Crippen LogP contribution is 2.31. The van der Waals surface area contributed by atoms with Crippen LogP contribution in [0.2, 0.25) is 0 Å². The number of carbonyl (C=O) groups is 1. The number of methoxy groups -OCH3 is 1. The Kier molecular flexibility index (Phi) is 4.69. The number of carboxylic acid groups (broad SMARTS) is 1. The monoisotopic (exact) mass is 288 g/mol. The lowest BCUT2D eigenvalue weighted by Gasteiger charge is -2.09. The summed E-state index contributed by atoms with van der Waals surface area (Å²) in [6.45, 7) is 1.94. The molecule has 0 radical (unpaired) electrons. The first-order valence-corrected chi connectivity index (χ1v) is 7.19. The standard InChI is InChI=1S/C16H16O3S/c1-11-9-12(16(17)18)7-8-13(11)10-20-15-6-4-3-5-14(15)19-2/h3-9H,10H2,1-2H3,(H,17,18). The summed E-state index contributed by atoms with van der Waals surface area (Å²) >= 11 is 1.68. The molecule has 2 aromatic carbocycles. The van der Waals surface area contributed by atoms with Crippen LogP contribution in [0.5, 0.6) is 5.75 Å². The zero-order valence-electron chi connectivity index (χ0n) is 11.4. The fourth-order valence-corrected chi connectivity index (χ4v) is 2.99. The summed E-state index contributed by atoms with van der Waals surface area (Å²) in [5.74, 6) is 0.751. The summed E-state index contributed by atoms with van der Waals surface area (Å²) in [6.07, 6.45) is 0. The lowest BCUT2D eigenvalue weighted by atomic mass is 10.1. The molecule has 0 amide bonds. The van der Waals surface area contributed by atoms with Gasteiger partial charge in [0.05, 0.1) is 12.7 Å². The molecule has 0 aliphatic carbocycles. The van der Waals surface area contributed by atoms with E-state index in [1.165, 1.54) is 0 Å². The maximum atomic E-state index is 10.9. The Morgan fingerprint density at radius 2 is 2.00 bits per heavy atom. The van der Waals surface area contributed by atoms with Crippen molar-refractivity contribution in [3.05, 3.63) is 59.2 Å². The average Bonchev–Trinajstić information content (AvgIpc) is 2.46. The quantitative estimate of drug-likeness (QED) is 0.845. The molecule has 0 aliphatic rings. The molecule has 104 valence electrons. The van der Waals surface area contributed by atoms with Crippen LogP contribution in [-0.4, -0.2) is 18.2 Å². The van der Waals surface area contributed by atoms with Gasteiger partial charge in [0.25, 0.3) is 0 Å². The van der Waals surface area contributed by atoms with Gasteiger partial charge in [0.15, 0.2) is 0 Å². The van der Waals surface area contributed by atoms with Crippen LogP contribution in [0.25, 0.3) is 0 Å². The van der Waals surface area contributed by atoms with E-state index in [-0.39, 0.29) is 0 Å². The van der Waals surface area contributed by atoms with E-state index in [1.807, 2.05) is 37.3 Å². The van der Waals surface area contributed by atoms with Gasteiger partial charge in [-0.1, -0.05) is 18.2 Å². The summed E-state index contributed by atoms with van der Waals surface area (Å²) in [6, 6.07) is 13.1. The van der Waals surface area contributed by atoms with Gasteiger partial charge in [-0.05, 0) is 42.3 Å². The SMILES string of the molecule is COc1ccccc1SCc1ccc(C(=O)O)cc1C. The Balaban J connectivity index is 2.13. The molecule has 0 saturated heterocycles. The maximum Gasteiger partial charge on any atom is 0.335 e. The largest absolute Gasteiger partial charge is 0.496 e. The second-order valence-corrected chi connectivity index (χ2v) is 5.40. The number of carboxylic acids is 1. The lowest BCUT2D eigenvalue weighted by molar-refractivity contribution is 0.0697. The van der Waals surface area contributed by atoms with Crippen molar-refractivity contribution in [1.82, 2.24) is 0 Å². The molecule has 1 N–H and O–H groups in total. The van der Waals surface area contributed by atoms with Crippen LogP contribution in [0, 0.1) is 6.92 Å². The van der Waals surface area contributed by atoms with Gasteiger partial charge >= 0.3 is 5.97 Å². The van der Waals surface area contributed by atoms with Crippen LogP contribution in [0.1, 0.15) is 21.5 Å². The average molecular weight is 288 g/mol. The molecule has 3 nitrogen and oxygen atoms in total. The van der Waals surface area contributed by atoms with E-state index in [1.54, 1.807) is 31.0 Å². The smallest absolute Gasteiger partial charge is 0.335 e. The molecular weight excluding hydrogens is 272 g/mol. The minimum absolute atomic E-state index is 0.327. The highest BCUT2D eigenvalue weighted by atomic mass is 32.2. The van der Waals surface area contributed by atoms with E-state index in [0.29, 0.717) is 5.56 Å². The van der Waals surface area contributed by atoms with Gasteiger partial charge in [-0.15, -0.1) is 11.8 Å². The number of thioether (sulfide) groups is 1. The molecule has 0 fully saturated rings. The molecule has 2 aromatic rings. The Morgan fingerprint density at radius 3 is 2.65 bits per heavy atom. The topological polar surface area (TPSA) is 46.5 Å². The van der Waals surface area contributed by atoms with Crippen LogP contribution in [-0.2, 0) is 5.75 Å². The molecule has 0 aliphatic heterocycles. The summed E-state index contributed by atoms with van der Waals surface area (Å²) in [5, 5.41) is 8.95. The van der Waals surface area contributed by atoms with Gasteiger partial charge < -0.3 is 9.84 Å². The molecule has 0 spiro atoms.